The van der Waals surface area contributed by atoms with Crippen LogP contribution in [0.5, 0.6) is 0 Å². The van der Waals surface area contributed by atoms with Crippen LogP contribution >= 0.6 is 0 Å². The SMILES string of the molecule is CC(C)(O)C(C)(C)O[B]c1ccc2c(c1)c1c(n2-c2nc(-c3ccccc3)nc(-c3ccccc3)n2)C=CCC1. The predicted octanol–water partition coefficient (Wildman–Crippen LogP) is 5.92. The van der Waals surface area contributed by atoms with Gasteiger partial charge in [-0.15, -0.1) is 0 Å². The molecule has 1 radical (unpaired) electrons. The number of hydrogen-bond donors (Lipinski definition) is 1. The van der Waals surface area contributed by atoms with Gasteiger partial charge in [-0.2, -0.15) is 9.97 Å². The number of aliphatic hydroxyl groups is 1. The molecule has 40 heavy (non-hydrogen) atoms. The summed E-state index contributed by atoms with van der Waals surface area (Å²) in [5, 5.41) is 11.7. The molecular weight excluding hydrogens is 495 g/mol. The second-order valence-electron chi connectivity index (χ2n) is 11.2. The monoisotopic (exact) mass is 527 g/mol. The molecule has 0 saturated heterocycles. The molecule has 7 heteroatoms. The highest BCUT2D eigenvalue weighted by atomic mass is 16.5. The molecule has 1 aliphatic rings. The summed E-state index contributed by atoms with van der Waals surface area (Å²) in [6.45, 7) is 7.30. The van der Waals surface area contributed by atoms with E-state index < -0.39 is 11.2 Å². The van der Waals surface area contributed by atoms with E-state index in [0.717, 1.165) is 46.0 Å². The Balaban J connectivity index is 1.50. The van der Waals surface area contributed by atoms with Crippen LogP contribution in [0.3, 0.4) is 0 Å². The molecule has 5 aromatic rings. The molecule has 1 aliphatic carbocycles. The Labute approximate surface area is 235 Å². The largest absolute Gasteiger partial charge is 0.427 e. The molecule has 0 spiro atoms. The quantitative estimate of drug-likeness (QED) is 0.266. The van der Waals surface area contributed by atoms with Gasteiger partial charge in [-0.1, -0.05) is 84.3 Å². The van der Waals surface area contributed by atoms with Gasteiger partial charge >= 0.3 is 7.48 Å². The normalized spacial score (nSPS) is 13.4. The molecule has 2 heterocycles. The van der Waals surface area contributed by atoms with Crippen molar-refractivity contribution in [2.24, 2.45) is 0 Å². The van der Waals surface area contributed by atoms with Crippen LogP contribution in [0, 0.1) is 0 Å². The fourth-order valence-electron chi connectivity index (χ4n) is 4.80. The van der Waals surface area contributed by atoms with Gasteiger partial charge in [0, 0.05) is 16.5 Å². The highest BCUT2D eigenvalue weighted by Gasteiger charge is 2.35. The second-order valence-corrected chi connectivity index (χ2v) is 11.2. The zero-order valence-corrected chi connectivity index (χ0v) is 23.3. The molecule has 1 N–H and O–H groups in total. The van der Waals surface area contributed by atoms with Crippen molar-refractivity contribution in [3.8, 4) is 28.7 Å². The first kappa shape index (κ1) is 26.2. The second kappa shape index (κ2) is 10.2. The fourth-order valence-corrected chi connectivity index (χ4v) is 4.80. The van der Waals surface area contributed by atoms with E-state index in [1.807, 2.05) is 80.6 Å². The number of fused-ring (bicyclic) bond motifs is 3. The maximum Gasteiger partial charge on any atom is 0.330 e. The summed E-state index contributed by atoms with van der Waals surface area (Å²) in [6.07, 6.45) is 6.28. The van der Waals surface area contributed by atoms with Crippen molar-refractivity contribution in [2.45, 2.75) is 51.7 Å². The van der Waals surface area contributed by atoms with E-state index in [-0.39, 0.29) is 0 Å². The van der Waals surface area contributed by atoms with Crippen LogP contribution in [0.2, 0.25) is 0 Å². The Kier molecular flexibility index (Phi) is 6.65. The average molecular weight is 527 g/mol. The smallest absolute Gasteiger partial charge is 0.330 e. The fraction of sp³-hybridized carbons (Fsp3) is 0.242. The summed E-state index contributed by atoms with van der Waals surface area (Å²) in [6, 6.07) is 26.3. The van der Waals surface area contributed by atoms with Gasteiger partial charge < -0.3 is 9.76 Å². The lowest BCUT2D eigenvalue weighted by Gasteiger charge is -2.37. The number of hydrogen-bond acceptors (Lipinski definition) is 5. The van der Waals surface area contributed by atoms with Gasteiger partial charge in [-0.25, -0.2) is 4.98 Å². The molecule has 6 rings (SSSR count). The number of rotatable bonds is 7. The minimum Gasteiger partial charge on any atom is -0.427 e. The number of nitrogens with zero attached hydrogens (tertiary/aromatic N) is 4. The zero-order valence-electron chi connectivity index (χ0n) is 23.3. The molecule has 0 atom stereocenters. The average Bonchev–Trinajstić information content (AvgIpc) is 3.30. The third kappa shape index (κ3) is 4.87. The lowest BCUT2D eigenvalue weighted by molar-refractivity contribution is -0.0893. The standard InChI is InChI=1S/C33H32BN4O2/c1-32(2,39)33(3,4)40-34-24-19-20-28-26(21-24)25-17-11-12-18-27(25)38(28)31-36-29(22-13-7-5-8-14-22)35-30(37-31)23-15-9-6-10-16-23/h5-10,12-16,18-21,39H,11,17H2,1-4H3. The van der Waals surface area contributed by atoms with Crippen LogP contribution in [0.4, 0.5) is 0 Å². The molecule has 0 fully saturated rings. The number of aromatic nitrogens is 4. The van der Waals surface area contributed by atoms with Crippen LogP contribution < -0.4 is 5.46 Å². The molecular formula is C33H32BN4O2. The van der Waals surface area contributed by atoms with Gasteiger partial charge in [-0.3, -0.25) is 4.57 Å². The van der Waals surface area contributed by atoms with Crippen molar-refractivity contribution >= 4 is 29.9 Å². The Morgan fingerprint density at radius 1 is 0.825 bits per heavy atom. The van der Waals surface area contributed by atoms with Crippen molar-refractivity contribution in [3.05, 3.63) is 96.2 Å². The predicted molar refractivity (Wildman–Crippen MR) is 162 cm³/mol. The topological polar surface area (TPSA) is 73.1 Å². The van der Waals surface area contributed by atoms with Crippen LogP contribution in [0.1, 0.15) is 45.4 Å². The first-order valence-corrected chi connectivity index (χ1v) is 13.7. The van der Waals surface area contributed by atoms with Gasteiger partial charge in [0.25, 0.3) is 0 Å². The number of aryl methyl sites for hydroxylation is 1. The maximum atomic E-state index is 10.5. The Morgan fingerprint density at radius 2 is 1.45 bits per heavy atom. The molecule has 2 aromatic heterocycles. The summed E-state index contributed by atoms with van der Waals surface area (Å²) in [7, 11) is 1.74. The van der Waals surface area contributed by atoms with E-state index in [1.54, 1.807) is 21.3 Å². The highest BCUT2D eigenvalue weighted by molar-refractivity contribution is 6.47. The van der Waals surface area contributed by atoms with Crippen molar-refractivity contribution in [3.63, 3.8) is 0 Å². The van der Waals surface area contributed by atoms with E-state index in [1.165, 1.54) is 5.56 Å². The van der Waals surface area contributed by atoms with Gasteiger partial charge in [0.05, 0.1) is 22.4 Å². The molecule has 6 nitrogen and oxygen atoms in total. The van der Waals surface area contributed by atoms with Crippen molar-refractivity contribution in [1.29, 1.82) is 0 Å². The lowest BCUT2D eigenvalue weighted by atomic mass is 9.82. The lowest BCUT2D eigenvalue weighted by Crippen LogP contribution is -2.49. The summed E-state index contributed by atoms with van der Waals surface area (Å²) in [5.41, 5.74) is 4.44. The Morgan fingerprint density at radius 3 is 2.05 bits per heavy atom. The van der Waals surface area contributed by atoms with Gasteiger partial charge in [0.2, 0.25) is 5.95 Å². The molecule has 0 bridgehead atoms. The Bertz CT molecular complexity index is 1650. The summed E-state index contributed by atoms with van der Waals surface area (Å²) >= 11 is 0. The molecule has 0 aliphatic heterocycles. The molecule has 199 valence electrons. The van der Waals surface area contributed by atoms with E-state index in [0.29, 0.717) is 17.6 Å². The first-order chi connectivity index (χ1) is 19.2. The summed E-state index contributed by atoms with van der Waals surface area (Å²) in [5.74, 6) is 1.85. The zero-order chi connectivity index (χ0) is 27.9. The van der Waals surface area contributed by atoms with Gasteiger partial charge in [0.15, 0.2) is 11.6 Å². The third-order valence-electron chi connectivity index (χ3n) is 7.82. The summed E-state index contributed by atoms with van der Waals surface area (Å²) < 4.78 is 8.21. The molecule has 3 aromatic carbocycles. The number of allylic oxidation sites excluding steroid dienone is 1. The van der Waals surface area contributed by atoms with Crippen LogP contribution in [-0.2, 0) is 11.1 Å². The van der Waals surface area contributed by atoms with E-state index in [2.05, 4.69) is 28.9 Å². The van der Waals surface area contributed by atoms with E-state index in [4.69, 9.17) is 19.6 Å². The minimum atomic E-state index is -0.994. The van der Waals surface area contributed by atoms with E-state index >= 15 is 0 Å². The number of benzene rings is 3. The van der Waals surface area contributed by atoms with Crippen molar-refractivity contribution < 1.29 is 9.76 Å². The maximum absolute atomic E-state index is 10.5. The molecule has 0 saturated carbocycles. The van der Waals surface area contributed by atoms with E-state index in [9.17, 15) is 5.11 Å². The first-order valence-electron chi connectivity index (χ1n) is 13.7. The third-order valence-corrected chi connectivity index (χ3v) is 7.82. The van der Waals surface area contributed by atoms with Crippen molar-refractivity contribution in [2.75, 3.05) is 0 Å². The van der Waals surface area contributed by atoms with Gasteiger partial charge in [-0.05, 0) is 58.2 Å². The van der Waals surface area contributed by atoms with Crippen LogP contribution in [0.15, 0.2) is 84.9 Å². The minimum absolute atomic E-state index is 0.585. The van der Waals surface area contributed by atoms with Crippen molar-refractivity contribution in [1.82, 2.24) is 19.5 Å². The summed E-state index contributed by atoms with van der Waals surface area (Å²) in [4.78, 5) is 14.9. The van der Waals surface area contributed by atoms with Crippen LogP contribution in [-0.4, -0.2) is 43.3 Å². The molecule has 0 amide bonds. The molecule has 0 unspecified atom stereocenters. The van der Waals surface area contributed by atoms with Crippen LogP contribution in [0.25, 0.3) is 45.7 Å². The van der Waals surface area contributed by atoms with Gasteiger partial charge in [0.1, 0.15) is 0 Å². The highest BCUT2D eigenvalue weighted by Crippen LogP contribution is 2.34. The Hall–Kier alpha value is -4.07.